The number of hydrogen-bond donors (Lipinski definition) is 3. The second-order valence-electron chi connectivity index (χ2n) is 9.00. The van der Waals surface area contributed by atoms with Crippen LogP contribution in [0.25, 0.3) is 43.6 Å². The molecule has 1 atom stereocenters. The summed E-state index contributed by atoms with van der Waals surface area (Å²) in [6.45, 7) is 5.91. The maximum atomic E-state index is 12.4. The number of esters is 2. The zero-order valence-corrected chi connectivity index (χ0v) is 20.2. The van der Waals surface area contributed by atoms with Crippen LogP contribution in [0.15, 0.2) is 42.5 Å². The summed E-state index contributed by atoms with van der Waals surface area (Å²) in [6, 6.07) is 13.1. The molecule has 0 unspecified atom stereocenters. The summed E-state index contributed by atoms with van der Waals surface area (Å²) in [7, 11) is 0. The maximum Gasteiger partial charge on any atom is 0.338 e. The van der Waals surface area contributed by atoms with Crippen molar-refractivity contribution in [1.29, 1.82) is 0 Å². The lowest BCUT2D eigenvalue weighted by molar-refractivity contribution is 0.0517. The highest BCUT2D eigenvalue weighted by atomic mass is 16.5. The Balaban J connectivity index is 1.62. The highest BCUT2D eigenvalue weighted by Gasteiger charge is 2.23. The van der Waals surface area contributed by atoms with E-state index in [0.717, 1.165) is 68.9 Å². The largest absolute Gasteiger partial charge is 0.485 e. The van der Waals surface area contributed by atoms with Crippen LogP contribution in [0.1, 0.15) is 41.0 Å². The molecule has 1 aliphatic heterocycles. The number of nitrogens with one attached hydrogen (secondary N) is 3. The molecule has 6 rings (SSSR count). The first-order valence-electron chi connectivity index (χ1n) is 12.3. The summed E-state index contributed by atoms with van der Waals surface area (Å²) < 4.78 is 17.0. The predicted octanol–water partition coefficient (Wildman–Crippen LogP) is 5.05. The summed E-state index contributed by atoms with van der Waals surface area (Å²) >= 11 is 0. The maximum absolute atomic E-state index is 12.4. The van der Waals surface area contributed by atoms with Crippen molar-refractivity contribution in [3.05, 3.63) is 53.6 Å². The van der Waals surface area contributed by atoms with Crippen LogP contribution in [0.2, 0.25) is 0 Å². The third kappa shape index (κ3) is 3.65. The molecule has 0 saturated carbocycles. The molecular formula is C28H27N3O5. The molecular weight excluding hydrogens is 458 g/mol. The molecule has 2 aromatic heterocycles. The number of rotatable bonds is 6. The number of aromatic amines is 2. The van der Waals surface area contributed by atoms with Crippen molar-refractivity contribution in [1.82, 2.24) is 15.3 Å². The molecule has 0 aliphatic carbocycles. The van der Waals surface area contributed by atoms with E-state index in [-0.39, 0.29) is 18.0 Å². The van der Waals surface area contributed by atoms with Gasteiger partial charge in [0.05, 0.1) is 35.4 Å². The first-order valence-corrected chi connectivity index (χ1v) is 12.3. The van der Waals surface area contributed by atoms with E-state index >= 15 is 0 Å². The topological polar surface area (TPSA) is 105 Å². The van der Waals surface area contributed by atoms with Crippen LogP contribution >= 0.6 is 0 Å². The van der Waals surface area contributed by atoms with E-state index in [0.29, 0.717) is 24.3 Å². The molecule has 8 nitrogen and oxygen atoms in total. The fraction of sp³-hybridized carbons (Fsp3) is 0.286. The van der Waals surface area contributed by atoms with Crippen LogP contribution < -0.4 is 10.1 Å². The van der Waals surface area contributed by atoms with E-state index in [1.54, 1.807) is 26.0 Å². The molecule has 1 aliphatic rings. The number of hydrogen-bond acceptors (Lipinski definition) is 6. The Kier molecular flexibility index (Phi) is 5.53. The van der Waals surface area contributed by atoms with E-state index in [1.165, 1.54) is 0 Å². The zero-order chi connectivity index (χ0) is 24.8. The lowest BCUT2D eigenvalue weighted by atomic mass is 10.0. The van der Waals surface area contributed by atoms with Crippen LogP contribution in [0, 0.1) is 0 Å². The van der Waals surface area contributed by atoms with Gasteiger partial charge in [-0.15, -0.1) is 0 Å². The van der Waals surface area contributed by atoms with E-state index in [2.05, 4.69) is 21.4 Å². The minimum absolute atomic E-state index is 0.0433. The Morgan fingerprint density at radius 2 is 1.36 bits per heavy atom. The lowest BCUT2D eigenvalue weighted by Crippen LogP contribution is -2.19. The summed E-state index contributed by atoms with van der Waals surface area (Å²) in [4.78, 5) is 31.9. The molecule has 0 amide bonds. The highest BCUT2D eigenvalue weighted by molar-refractivity contribution is 6.21. The van der Waals surface area contributed by atoms with Gasteiger partial charge in [0.2, 0.25) is 0 Å². The number of H-pyrrole nitrogens is 2. The molecule has 5 aromatic rings. The first kappa shape index (κ1) is 22.4. The minimum Gasteiger partial charge on any atom is -0.485 e. The average molecular weight is 486 g/mol. The molecule has 1 fully saturated rings. The van der Waals surface area contributed by atoms with Crippen LogP contribution in [-0.4, -0.2) is 54.3 Å². The van der Waals surface area contributed by atoms with Crippen molar-refractivity contribution in [3.63, 3.8) is 0 Å². The van der Waals surface area contributed by atoms with Gasteiger partial charge in [-0.2, -0.15) is 0 Å². The van der Waals surface area contributed by atoms with Gasteiger partial charge in [0.25, 0.3) is 0 Å². The third-order valence-corrected chi connectivity index (χ3v) is 6.74. The standard InChI is InChI=1S/C28H27N3O5/c1-3-34-27(32)15-5-7-22-18(11-15)20-13-21-19-12-16(28(33)35-4-2)6-8-23(19)31-25(21)26(24(20)30-22)36-17-9-10-29-14-17/h5-8,11-13,17,29-31H,3-4,9-10,14H2,1-2H3/t17-/m1/s1. The SMILES string of the molecule is CCOC(=O)c1ccc2[nH]c3c(O[C@@H]4CCNC4)c4[nH]c5ccc(C(=O)OCC)cc5c4cc3c2c1. The molecule has 1 saturated heterocycles. The molecule has 0 radical (unpaired) electrons. The first-order chi connectivity index (χ1) is 17.6. The Morgan fingerprint density at radius 3 is 1.83 bits per heavy atom. The quantitative estimate of drug-likeness (QED) is 0.291. The fourth-order valence-electron chi connectivity index (χ4n) is 5.05. The Hall–Kier alpha value is -4.04. The molecule has 0 spiro atoms. The fourth-order valence-corrected chi connectivity index (χ4v) is 5.05. The van der Waals surface area contributed by atoms with Gasteiger partial charge in [-0.25, -0.2) is 9.59 Å². The summed E-state index contributed by atoms with van der Waals surface area (Å²) in [5.74, 6) is 0.0305. The number of carbonyl (C=O) groups is 2. The molecule has 184 valence electrons. The number of carbonyl (C=O) groups excluding carboxylic acids is 2. The Morgan fingerprint density at radius 1 is 0.806 bits per heavy atom. The average Bonchev–Trinajstić information content (AvgIpc) is 3.61. The zero-order valence-electron chi connectivity index (χ0n) is 20.2. The van der Waals surface area contributed by atoms with Gasteiger partial charge in [0, 0.05) is 39.1 Å². The molecule has 8 heteroatoms. The second kappa shape index (κ2) is 8.87. The van der Waals surface area contributed by atoms with Crippen LogP contribution in [-0.2, 0) is 9.47 Å². The summed E-state index contributed by atoms with van der Waals surface area (Å²) in [5, 5.41) is 7.04. The van der Waals surface area contributed by atoms with Crippen molar-refractivity contribution in [2.75, 3.05) is 26.3 Å². The summed E-state index contributed by atoms with van der Waals surface area (Å²) in [5.41, 5.74) is 4.52. The van der Waals surface area contributed by atoms with Gasteiger partial charge in [-0.05, 0) is 69.3 Å². The Bertz CT molecular complexity index is 1530. The Labute approximate surface area is 206 Å². The van der Waals surface area contributed by atoms with E-state index in [9.17, 15) is 9.59 Å². The van der Waals surface area contributed by atoms with Crippen molar-refractivity contribution in [2.24, 2.45) is 0 Å². The van der Waals surface area contributed by atoms with Gasteiger partial charge in [-0.3, -0.25) is 0 Å². The molecule has 36 heavy (non-hydrogen) atoms. The normalized spacial score (nSPS) is 15.8. The predicted molar refractivity (Wildman–Crippen MR) is 139 cm³/mol. The number of fused-ring (bicyclic) bond motifs is 6. The van der Waals surface area contributed by atoms with Crippen LogP contribution in [0.3, 0.4) is 0 Å². The minimum atomic E-state index is -0.352. The van der Waals surface area contributed by atoms with Crippen LogP contribution in [0.5, 0.6) is 5.75 Å². The highest BCUT2D eigenvalue weighted by Crippen LogP contribution is 2.42. The number of ether oxygens (including phenoxy) is 3. The molecule has 3 aromatic carbocycles. The van der Waals surface area contributed by atoms with E-state index in [1.807, 2.05) is 24.3 Å². The monoisotopic (exact) mass is 485 g/mol. The van der Waals surface area contributed by atoms with Gasteiger partial charge >= 0.3 is 11.9 Å². The van der Waals surface area contributed by atoms with Gasteiger partial charge in [0.1, 0.15) is 6.10 Å². The molecule has 0 bridgehead atoms. The van der Waals surface area contributed by atoms with Crippen LogP contribution in [0.4, 0.5) is 0 Å². The van der Waals surface area contributed by atoms with Gasteiger partial charge in [-0.1, -0.05) is 0 Å². The van der Waals surface area contributed by atoms with Crippen molar-refractivity contribution in [2.45, 2.75) is 26.4 Å². The van der Waals surface area contributed by atoms with E-state index < -0.39 is 0 Å². The number of aromatic nitrogens is 2. The van der Waals surface area contributed by atoms with Gasteiger partial charge < -0.3 is 29.5 Å². The smallest absolute Gasteiger partial charge is 0.338 e. The second-order valence-corrected chi connectivity index (χ2v) is 9.00. The molecule has 3 heterocycles. The van der Waals surface area contributed by atoms with Gasteiger partial charge in [0.15, 0.2) is 5.75 Å². The van der Waals surface area contributed by atoms with Crippen molar-refractivity contribution >= 4 is 55.6 Å². The van der Waals surface area contributed by atoms with Crippen molar-refractivity contribution in [3.8, 4) is 5.75 Å². The molecule has 3 N–H and O–H groups in total. The third-order valence-electron chi connectivity index (χ3n) is 6.74. The lowest BCUT2D eigenvalue weighted by Gasteiger charge is -2.14. The summed E-state index contributed by atoms with van der Waals surface area (Å²) in [6.07, 6.45) is 0.958. The van der Waals surface area contributed by atoms with Crippen molar-refractivity contribution < 1.29 is 23.8 Å². The number of benzene rings is 3. The van der Waals surface area contributed by atoms with E-state index in [4.69, 9.17) is 14.2 Å².